The highest BCUT2D eigenvalue weighted by Gasteiger charge is 2.24. The minimum absolute atomic E-state index is 0.0112. The molecule has 0 amide bonds. The smallest absolute Gasteiger partial charge is 0.266 e. The third kappa shape index (κ3) is 4.18. The van der Waals surface area contributed by atoms with Crippen molar-refractivity contribution in [3.63, 3.8) is 0 Å². The van der Waals surface area contributed by atoms with Crippen molar-refractivity contribution in [2.75, 3.05) is 13.7 Å². The summed E-state index contributed by atoms with van der Waals surface area (Å²) < 4.78 is 35.6. The van der Waals surface area contributed by atoms with Crippen molar-refractivity contribution in [2.24, 2.45) is 5.41 Å². The summed E-state index contributed by atoms with van der Waals surface area (Å²) in [4.78, 5) is 15.6. The average Bonchev–Trinajstić information content (AvgIpc) is 3.22. The number of benzene rings is 2. The lowest BCUT2D eigenvalue weighted by molar-refractivity contribution is 0.378. The van der Waals surface area contributed by atoms with Gasteiger partial charge in [-0.1, -0.05) is 39.0 Å². The number of thiophene rings is 1. The maximum atomic E-state index is 13.3. The predicted molar refractivity (Wildman–Crippen MR) is 131 cm³/mol. The van der Waals surface area contributed by atoms with Gasteiger partial charge in [-0.2, -0.15) is 0 Å². The predicted octanol–water partition coefficient (Wildman–Crippen LogP) is 5.13. The molecule has 2 aromatic heterocycles. The van der Waals surface area contributed by atoms with Crippen LogP contribution in [0.25, 0.3) is 32.1 Å². The SMILES string of the molecule is COc1ccc2[nH]c(=O)c3sccc3c2c1-c1ccccc1S(=O)(=O)NCCC(C)(C)C. The van der Waals surface area contributed by atoms with Crippen LogP contribution in [0.15, 0.2) is 57.5 Å². The van der Waals surface area contributed by atoms with Crippen molar-refractivity contribution in [1.29, 1.82) is 0 Å². The molecule has 0 fully saturated rings. The molecule has 0 spiro atoms. The third-order valence-electron chi connectivity index (χ3n) is 5.39. The molecular formula is C24H26N2O4S2. The van der Waals surface area contributed by atoms with Gasteiger partial charge in [0.2, 0.25) is 10.0 Å². The lowest BCUT2D eigenvalue weighted by Crippen LogP contribution is -2.27. The van der Waals surface area contributed by atoms with Gasteiger partial charge in [-0.25, -0.2) is 13.1 Å². The van der Waals surface area contributed by atoms with Gasteiger partial charge in [-0.15, -0.1) is 11.3 Å². The lowest BCUT2D eigenvalue weighted by Gasteiger charge is -2.19. The standard InChI is InChI=1S/C24H26N2O4S2/c1-24(2,3)12-13-25-32(28,29)19-8-6-5-7-15(19)21-18(30-4)10-9-17-20(21)16-11-14-31-22(16)23(27)26-17/h5-11,14,25H,12-13H2,1-4H3,(H,26,27). The first-order valence-corrected chi connectivity index (χ1v) is 12.7. The van der Waals surface area contributed by atoms with E-state index < -0.39 is 10.0 Å². The Hall–Kier alpha value is -2.68. The van der Waals surface area contributed by atoms with Crippen molar-refractivity contribution in [2.45, 2.75) is 32.1 Å². The molecule has 2 heterocycles. The van der Waals surface area contributed by atoms with Crippen molar-refractivity contribution in [1.82, 2.24) is 9.71 Å². The fourth-order valence-electron chi connectivity index (χ4n) is 3.81. The number of rotatable bonds is 6. The Morgan fingerprint density at radius 3 is 2.56 bits per heavy atom. The first-order chi connectivity index (χ1) is 15.1. The highest BCUT2D eigenvalue weighted by atomic mass is 32.2. The van der Waals surface area contributed by atoms with Crippen molar-refractivity contribution in [3.8, 4) is 16.9 Å². The molecule has 6 nitrogen and oxygen atoms in total. The summed E-state index contributed by atoms with van der Waals surface area (Å²) >= 11 is 1.35. The number of fused-ring (bicyclic) bond motifs is 3. The highest BCUT2D eigenvalue weighted by Crippen LogP contribution is 2.42. The van der Waals surface area contributed by atoms with Gasteiger partial charge in [0.1, 0.15) is 10.4 Å². The molecular weight excluding hydrogens is 444 g/mol. The molecule has 4 aromatic rings. The quantitative estimate of drug-likeness (QED) is 0.409. The zero-order valence-electron chi connectivity index (χ0n) is 18.5. The number of hydrogen-bond acceptors (Lipinski definition) is 5. The monoisotopic (exact) mass is 470 g/mol. The normalized spacial score (nSPS) is 12.5. The zero-order valence-corrected chi connectivity index (χ0v) is 20.1. The average molecular weight is 471 g/mol. The highest BCUT2D eigenvalue weighted by molar-refractivity contribution is 7.89. The topological polar surface area (TPSA) is 88.3 Å². The summed E-state index contributed by atoms with van der Waals surface area (Å²) in [5, 5.41) is 3.40. The van der Waals surface area contributed by atoms with E-state index in [9.17, 15) is 13.2 Å². The van der Waals surface area contributed by atoms with Crippen LogP contribution in [0.4, 0.5) is 0 Å². The number of sulfonamides is 1. The first-order valence-electron chi connectivity index (χ1n) is 10.3. The van der Waals surface area contributed by atoms with E-state index in [0.29, 0.717) is 40.1 Å². The number of nitrogens with one attached hydrogen (secondary N) is 2. The van der Waals surface area contributed by atoms with Crippen LogP contribution in [0.5, 0.6) is 5.75 Å². The first kappa shape index (κ1) is 22.5. The van der Waals surface area contributed by atoms with Crippen LogP contribution in [0, 0.1) is 5.41 Å². The van der Waals surface area contributed by atoms with Crippen molar-refractivity contribution < 1.29 is 13.2 Å². The van der Waals surface area contributed by atoms with Crippen LogP contribution in [-0.4, -0.2) is 27.1 Å². The maximum absolute atomic E-state index is 13.3. The lowest BCUT2D eigenvalue weighted by atomic mass is 9.93. The largest absolute Gasteiger partial charge is 0.496 e. The van der Waals surface area contributed by atoms with Crippen LogP contribution in [0.1, 0.15) is 27.2 Å². The Balaban J connectivity index is 1.97. The Bertz CT molecular complexity index is 1460. The Kier molecular flexibility index (Phi) is 5.87. The molecule has 0 aliphatic heterocycles. The molecule has 32 heavy (non-hydrogen) atoms. The van der Waals surface area contributed by atoms with E-state index in [0.717, 1.165) is 10.8 Å². The number of pyridine rings is 1. The Labute approximate surface area is 191 Å². The third-order valence-corrected chi connectivity index (χ3v) is 7.82. The molecule has 0 radical (unpaired) electrons. The van der Waals surface area contributed by atoms with Crippen LogP contribution in [0.2, 0.25) is 0 Å². The van der Waals surface area contributed by atoms with Gasteiger partial charge in [-0.3, -0.25) is 4.79 Å². The molecule has 2 aromatic carbocycles. The molecule has 0 saturated heterocycles. The van der Waals surface area contributed by atoms with E-state index in [2.05, 4.69) is 30.5 Å². The van der Waals surface area contributed by atoms with Gasteiger partial charge < -0.3 is 9.72 Å². The Morgan fingerprint density at radius 1 is 1.09 bits per heavy atom. The Morgan fingerprint density at radius 2 is 1.84 bits per heavy atom. The van der Waals surface area contributed by atoms with Gasteiger partial charge in [0.05, 0.1) is 12.0 Å². The maximum Gasteiger partial charge on any atom is 0.266 e. The van der Waals surface area contributed by atoms with E-state index >= 15 is 0 Å². The van der Waals surface area contributed by atoms with E-state index in [-0.39, 0.29) is 15.9 Å². The minimum Gasteiger partial charge on any atom is -0.496 e. The van der Waals surface area contributed by atoms with Gasteiger partial charge in [0.15, 0.2) is 0 Å². The van der Waals surface area contributed by atoms with Gasteiger partial charge in [0.25, 0.3) is 5.56 Å². The molecule has 0 aliphatic rings. The zero-order chi connectivity index (χ0) is 23.1. The molecule has 0 aliphatic carbocycles. The summed E-state index contributed by atoms with van der Waals surface area (Å²) in [6.07, 6.45) is 0.711. The fraction of sp³-hybridized carbons (Fsp3) is 0.292. The van der Waals surface area contributed by atoms with Crippen LogP contribution < -0.4 is 15.0 Å². The minimum atomic E-state index is -3.78. The van der Waals surface area contributed by atoms with E-state index in [4.69, 9.17) is 4.74 Å². The van der Waals surface area contributed by atoms with Gasteiger partial charge >= 0.3 is 0 Å². The van der Waals surface area contributed by atoms with Crippen LogP contribution >= 0.6 is 11.3 Å². The molecule has 168 valence electrons. The summed E-state index contributed by atoms with van der Waals surface area (Å²) in [7, 11) is -2.22. The number of aromatic amines is 1. The fourth-order valence-corrected chi connectivity index (χ4v) is 5.85. The van der Waals surface area contributed by atoms with Crippen LogP contribution in [0.3, 0.4) is 0 Å². The van der Waals surface area contributed by atoms with E-state index in [1.807, 2.05) is 11.4 Å². The second-order valence-electron chi connectivity index (χ2n) is 8.89. The number of ether oxygens (including phenoxy) is 1. The van der Waals surface area contributed by atoms with E-state index in [1.54, 1.807) is 43.5 Å². The molecule has 0 saturated carbocycles. The molecule has 0 bridgehead atoms. The molecule has 0 atom stereocenters. The summed E-state index contributed by atoms with van der Waals surface area (Å²) in [6, 6.07) is 12.3. The van der Waals surface area contributed by atoms with Crippen LogP contribution in [-0.2, 0) is 10.0 Å². The van der Waals surface area contributed by atoms with Crippen molar-refractivity contribution >= 4 is 42.3 Å². The molecule has 4 rings (SSSR count). The molecule has 0 unspecified atom stereocenters. The second kappa shape index (κ2) is 8.35. The summed E-state index contributed by atoms with van der Waals surface area (Å²) in [6.45, 7) is 6.56. The van der Waals surface area contributed by atoms with Gasteiger partial charge in [0, 0.05) is 34.0 Å². The van der Waals surface area contributed by atoms with Gasteiger partial charge in [-0.05, 0) is 41.5 Å². The van der Waals surface area contributed by atoms with E-state index in [1.165, 1.54) is 11.3 Å². The van der Waals surface area contributed by atoms with Crippen molar-refractivity contribution in [3.05, 3.63) is 58.2 Å². The number of hydrogen-bond donors (Lipinski definition) is 2. The summed E-state index contributed by atoms with van der Waals surface area (Å²) in [5.74, 6) is 0.536. The molecule has 2 N–H and O–H groups in total. The number of aromatic nitrogens is 1. The number of methoxy groups -OCH3 is 1. The summed E-state index contributed by atoms with van der Waals surface area (Å²) in [5.41, 5.74) is 1.64. The molecule has 8 heteroatoms. The number of H-pyrrole nitrogens is 1. The second-order valence-corrected chi connectivity index (χ2v) is 11.5.